The maximum atomic E-state index is 12.4. The SMILES string of the molecule is Cc1ccc(-c2nc3sc(CCNS(=O)(=O)c4ccc(Cl)cc4)c(C)n3n2)cc1. The van der Waals surface area contributed by atoms with E-state index in [2.05, 4.69) is 14.8 Å². The highest BCUT2D eigenvalue weighted by atomic mass is 35.5. The fraction of sp³-hybridized carbons (Fsp3) is 0.200. The zero-order chi connectivity index (χ0) is 20.6. The normalized spacial score (nSPS) is 12.0. The molecular formula is C20H19ClN4O2S2. The van der Waals surface area contributed by atoms with Crippen LogP contribution >= 0.6 is 22.9 Å². The third-order valence-corrected chi connectivity index (χ3v) is 7.51. The monoisotopic (exact) mass is 446 g/mol. The molecule has 2 aromatic carbocycles. The van der Waals surface area contributed by atoms with E-state index < -0.39 is 10.0 Å². The van der Waals surface area contributed by atoms with Crippen molar-refractivity contribution in [3.8, 4) is 11.4 Å². The first-order valence-corrected chi connectivity index (χ1v) is 11.7. The van der Waals surface area contributed by atoms with Crippen molar-refractivity contribution < 1.29 is 8.42 Å². The summed E-state index contributed by atoms with van der Waals surface area (Å²) in [4.78, 5) is 6.67. The highest BCUT2D eigenvalue weighted by Gasteiger charge is 2.16. The summed E-state index contributed by atoms with van der Waals surface area (Å²) in [5.41, 5.74) is 3.14. The number of aromatic nitrogens is 3. The van der Waals surface area contributed by atoms with E-state index in [9.17, 15) is 8.42 Å². The van der Waals surface area contributed by atoms with Crippen LogP contribution in [-0.4, -0.2) is 29.6 Å². The number of sulfonamides is 1. The van der Waals surface area contributed by atoms with Crippen molar-refractivity contribution in [3.63, 3.8) is 0 Å². The molecule has 0 aliphatic heterocycles. The molecule has 0 bridgehead atoms. The van der Waals surface area contributed by atoms with Gasteiger partial charge in [0.2, 0.25) is 15.0 Å². The quantitative estimate of drug-likeness (QED) is 0.480. The Balaban J connectivity index is 1.47. The van der Waals surface area contributed by atoms with Gasteiger partial charge in [0.05, 0.1) is 10.6 Å². The minimum absolute atomic E-state index is 0.198. The number of aryl methyl sites for hydroxylation is 2. The minimum Gasteiger partial charge on any atom is -0.211 e. The predicted octanol–water partition coefficient (Wildman–Crippen LogP) is 4.25. The fourth-order valence-corrected chi connectivity index (χ4v) is 5.15. The van der Waals surface area contributed by atoms with E-state index in [0.717, 1.165) is 21.1 Å². The van der Waals surface area contributed by atoms with Crippen molar-refractivity contribution in [2.75, 3.05) is 6.54 Å². The van der Waals surface area contributed by atoms with Gasteiger partial charge in [-0.25, -0.2) is 17.7 Å². The number of nitrogens with zero attached hydrogens (tertiary/aromatic N) is 3. The molecule has 150 valence electrons. The number of rotatable bonds is 6. The van der Waals surface area contributed by atoms with E-state index in [1.165, 1.54) is 29.0 Å². The van der Waals surface area contributed by atoms with E-state index in [0.29, 0.717) is 23.8 Å². The van der Waals surface area contributed by atoms with Crippen molar-refractivity contribution >= 4 is 37.9 Å². The summed E-state index contributed by atoms with van der Waals surface area (Å²) in [5, 5.41) is 5.11. The molecule has 9 heteroatoms. The van der Waals surface area contributed by atoms with Gasteiger partial charge in [0, 0.05) is 22.0 Å². The summed E-state index contributed by atoms with van der Waals surface area (Å²) in [7, 11) is -3.57. The molecule has 4 aromatic rings. The molecule has 0 aliphatic rings. The maximum absolute atomic E-state index is 12.4. The molecule has 29 heavy (non-hydrogen) atoms. The Morgan fingerprint density at radius 2 is 1.76 bits per heavy atom. The van der Waals surface area contributed by atoms with E-state index in [-0.39, 0.29) is 4.90 Å². The molecule has 0 radical (unpaired) electrons. The van der Waals surface area contributed by atoms with Crippen LogP contribution in [0.15, 0.2) is 53.4 Å². The summed E-state index contributed by atoms with van der Waals surface area (Å²) in [6, 6.07) is 14.2. The topological polar surface area (TPSA) is 76.4 Å². The maximum Gasteiger partial charge on any atom is 0.240 e. The van der Waals surface area contributed by atoms with Gasteiger partial charge in [0.25, 0.3) is 0 Å². The molecular weight excluding hydrogens is 428 g/mol. The van der Waals surface area contributed by atoms with Gasteiger partial charge < -0.3 is 0 Å². The summed E-state index contributed by atoms with van der Waals surface area (Å²) in [6.45, 7) is 4.31. The largest absolute Gasteiger partial charge is 0.240 e. The van der Waals surface area contributed by atoms with Crippen LogP contribution in [0.3, 0.4) is 0 Å². The highest BCUT2D eigenvalue weighted by molar-refractivity contribution is 7.89. The van der Waals surface area contributed by atoms with Crippen LogP contribution in [0.1, 0.15) is 16.1 Å². The highest BCUT2D eigenvalue weighted by Crippen LogP contribution is 2.25. The summed E-state index contributed by atoms with van der Waals surface area (Å²) >= 11 is 7.35. The molecule has 2 aromatic heterocycles. The van der Waals surface area contributed by atoms with Crippen LogP contribution in [0.2, 0.25) is 5.02 Å². The Morgan fingerprint density at radius 3 is 2.41 bits per heavy atom. The predicted molar refractivity (Wildman–Crippen MR) is 116 cm³/mol. The Bertz CT molecular complexity index is 1260. The first-order chi connectivity index (χ1) is 13.8. The molecule has 4 rings (SSSR count). The lowest BCUT2D eigenvalue weighted by Gasteiger charge is -2.06. The van der Waals surface area contributed by atoms with Crippen LogP contribution in [0.4, 0.5) is 0 Å². The second-order valence-corrected chi connectivity index (χ2v) is 9.97. The van der Waals surface area contributed by atoms with Gasteiger partial charge in [0.1, 0.15) is 0 Å². The number of thiazole rings is 1. The first-order valence-electron chi connectivity index (χ1n) is 9.01. The van der Waals surface area contributed by atoms with Crippen molar-refractivity contribution in [1.82, 2.24) is 19.3 Å². The third kappa shape index (κ3) is 4.20. The third-order valence-electron chi connectivity index (χ3n) is 4.59. The van der Waals surface area contributed by atoms with E-state index in [4.69, 9.17) is 11.6 Å². The molecule has 0 fully saturated rings. The van der Waals surface area contributed by atoms with Crippen LogP contribution in [0.5, 0.6) is 0 Å². The smallest absolute Gasteiger partial charge is 0.211 e. The van der Waals surface area contributed by atoms with Gasteiger partial charge in [-0.05, 0) is 44.5 Å². The summed E-state index contributed by atoms with van der Waals surface area (Å²) < 4.78 is 29.2. The molecule has 0 aliphatic carbocycles. The van der Waals surface area contributed by atoms with Crippen molar-refractivity contribution in [3.05, 3.63) is 69.7 Å². The van der Waals surface area contributed by atoms with Gasteiger partial charge in [-0.1, -0.05) is 52.8 Å². The number of hydrogen-bond acceptors (Lipinski definition) is 5. The van der Waals surface area contributed by atoms with Crippen molar-refractivity contribution in [1.29, 1.82) is 0 Å². The van der Waals surface area contributed by atoms with E-state index >= 15 is 0 Å². The first kappa shape index (κ1) is 20.0. The lowest BCUT2D eigenvalue weighted by molar-refractivity contribution is 0.581. The van der Waals surface area contributed by atoms with Gasteiger partial charge >= 0.3 is 0 Å². The van der Waals surface area contributed by atoms with Gasteiger partial charge in [-0.15, -0.1) is 5.10 Å². The van der Waals surface area contributed by atoms with Crippen molar-refractivity contribution in [2.45, 2.75) is 25.2 Å². The second kappa shape index (κ2) is 7.87. The van der Waals surface area contributed by atoms with Crippen LogP contribution < -0.4 is 4.72 Å². The van der Waals surface area contributed by atoms with Gasteiger partial charge in [-0.2, -0.15) is 4.98 Å². The number of nitrogens with one attached hydrogen (secondary N) is 1. The summed E-state index contributed by atoms with van der Waals surface area (Å²) in [5.74, 6) is 0.689. The number of benzene rings is 2. The van der Waals surface area contributed by atoms with Gasteiger partial charge in [-0.3, -0.25) is 0 Å². The van der Waals surface area contributed by atoms with Crippen LogP contribution in [0.25, 0.3) is 16.3 Å². The lowest BCUT2D eigenvalue weighted by Crippen LogP contribution is -2.25. The van der Waals surface area contributed by atoms with Crippen molar-refractivity contribution in [2.24, 2.45) is 0 Å². The Hall–Kier alpha value is -2.26. The Labute approximate surface area is 178 Å². The Morgan fingerprint density at radius 1 is 1.07 bits per heavy atom. The van der Waals surface area contributed by atoms with E-state index in [1.54, 1.807) is 12.1 Å². The molecule has 6 nitrogen and oxygen atoms in total. The minimum atomic E-state index is -3.57. The lowest BCUT2D eigenvalue weighted by atomic mass is 10.1. The fourth-order valence-electron chi connectivity index (χ4n) is 2.94. The molecule has 0 atom stereocenters. The molecule has 0 saturated heterocycles. The molecule has 0 amide bonds. The molecule has 2 heterocycles. The Kier molecular flexibility index (Phi) is 5.44. The average molecular weight is 447 g/mol. The zero-order valence-corrected chi connectivity index (χ0v) is 18.3. The number of hydrogen-bond donors (Lipinski definition) is 1. The van der Waals surface area contributed by atoms with Crippen LogP contribution in [0, 0.1) is 13.8 Å². The molecule has 0 saturated carbocycles. The van der Waals surface area contributed by atoms with Crippen LogP contribution in [-0.2, 0) is 16.4 Å². The average Bonchev–Trinajstić information content (AvgIpc) is 3.22. The number of halogens is 1. The number of fused-ring (bicyclic) bond motifs is 1. The molecule has 0 spiro atoms. The second-order valence-electron chi connectivity index (χ2n) is 6.71. The van der Waals surface area contributed by atoms with Gasteiger partial charge in [0.15, 0.2) is 5.82 Å². The zero-order valence-electron chi connectivity index (χ0n) is 15.9. The molecule has 1 N–H and O–H groups in total. The van der Waals surface area contributed by atoms with E-state index in [1.807, 2.05) is 42.6 Å². The standard InChI is InChI=1S/C20H19ClN4O2S2/c1-13-3-5-15(6-4-13)19-23-20-25(24-19)14(2)18(28-20)11-12-22-29(26,27)17-9-7-16(21)8-10-17/h3-10,22H,11-12H2,1-2H3. The summed E-state index contributed by atoms with van der Waals surface area (Å²) in [6.07, 6.45) is 0.564. The molecule has 0 unspecified atom stereocenters.